The van der Waals surface area contributed by atoms with Crippen molar-refractivity contribution >= 4 is 61.6 Å². The Bertz CT molecular complexity index is 8010. The summed E-state index contributed by atoms with van der Waals surface area (Å²) in [6, 6.07) is 169. The summed E-state index contributed by atoms with van der Waals surface area (Å²) in [4.78, 5) is 2.33. The predicted molar refractivity (Wildman–Crippen MR) is 528 cm³/mol. The van der Waals surface area contributed by atoms with Crippen molar-refractivity contribution in [3.8, 4) is 139 Å². The highest BCUT2D eigenvalue weighted by Gasteiger charge is 2.55. The van der Waals surface area contributed by atoms with Gasteiger partial charge in [-0.15, -0.1) is 0 Å². The lowest BCUT2D eigenvalue weighted by Gasteiger charge is -2.30. The van der Waals surface area contributed by atoms with Crippen molar-refractivity contribution in [2.45, 2.75) is 16.2 Å². The Hall–Kier alpha value is -16.2. The summed E-state index contributed by atoms with van der Waals surface area (Å²) in [7, 11) is 0. The molecular weight excluding hydrogens is 1570 g/mol. The van der Waals surface area contributed by atoms with Gasteiger partial charge in [0.15, 0.2) is 0 Å². The molecule has 0 amide bonds. The van der Waals surface area contributed by atoms with Gasteiger partial charge in [-0.25, -0.2) is 0 Å². The van der Waals surface area contributed by atoms with Gasteiger partial charge in [0, 0.05) is 33.4 Å². The SMILES string of the molecule is c1ccc(N(c2ccc(-c3ccc4c(c3)C3(c5ccccc5-c5ccccc53)c3ccccc3-4)cc2)c2ccc(-c3ccc(-n4c5ccc(-c6ccc(-c7ccc8c(c7)C7(c9ccccc9-c9ccccc97)c7ccccc7-8)cc6)cc5c5cc(-c6ccc(-c7ccc8c(c7)C7(c9ccccc9-c9ccccc97)c7ccccc7-8)cc6)ccc54)cc3)c3nsnc23)cc1. The monoisotopic (exact) mass is 1640 g/mol. The smallest absolute Gasteiger partial charge is 0.129 e. The number of aromatic nitrogens is 3. The zero-order chi connectivity index (χ0) is 83.7. The minimum Gasteiger partial charge on any atom is -0.309 e. The summed E-state index contributed by atoms with van der Waals surface area (Å²) < 4.78 is 12.7. The molecule has 6 aliphatic carbocycles. The number of fused-ring (bicyclic) bond motifs is 34. The van der Waals surface area contributed by atoms with Crippen LogP contribution in [0.1, 0.15) is 66.8 Å². The lowest BCUT2D eigenvalue weighted by molar-refractivity contribution is 0.794. The number of anilines is 3. The molecule has 0 aliphatic heterocycles. The van der Waals surface area contributed by atoms with Crippen molar-refractivity contribution in [1.82, 2.24) is 13.3 Å². The van der Waals surface area contributed by atoms with Gasteiger partial charge in [-0.2, -0.15) is 8.75 Å². The number of hydrogen-bond acceptors (Lipinski definition) is 4. The third-order valence-electron chi connectivity index (χ3n) is 29.4. The molecule has 2 heterocycles. The van der Waals surface area contributed by atoms with Crippen LogP contribution in [0.4, 0.5) is 17.1 Å². The standard InChI is InChI=1S/C123H74N4S/c1-2-22-86(23-3-1)126(87-59-50-79(51-60-87)85-56-65-101-98-32-12-21-41-112(98)123(115(101)74-85)108-37-17-8-28-94(108)95-29-9-18-38-109(95)123)118-69-66-89(119-120(118)125-128-124-119)80-52-61-88(62-53-80)127-116-67-57-81(75-42-46-77(47-43-75)83-54-63-99-96-30-10-19-39-110(96)121(113(99)72-83)104-33-13-4-24-90(104)91-25-5-14-34-105(91)121)70-102(116)103-71-82(58-68-117(103)127)76-44-48-78(49-45-76)84-55-64-100-97-31-11-20-40-111(97)122(114(100)73-84)106-35-15-6-26-92(106)93-27-7-16-36-107(93)122/h1-74H. The summed E-state index contributed by atoms with van der Waals surface area (Å²) >= 11 is 1.26. The van der Waals surface area contributed by atoms with E-state index < -0.39 is 16.2 Å². The lowest BCUT2D eigenvalue weighted by atomic mass is 9.70. The van der Waals surface area contributed by atoms with Gasteiger partial charge in [-0.1, -0.05) is 358 Å². The van der Waals surface area contributed by atoms with Crippen LogP contribution < -0.4 is 4.90 Å². The van der Waals surface area contributed by atoms with E-state index in [9.17, 15) is 0 Å². The maximum atomic E-state index is 5.15. The first kappa shape index (κ1) is 71.3. The van der Waals surface area contributed by atoms with E-state index in [2.05, 4.69) is 458 Å². The molecule has 0 N–H and O–H groups in total. The zero-order valence-corrected chi connectivity index (χ0v) is 70.2. The highest BCUT2D eigenvalue weighted by atomic mass is 32.1. The molecular formula is C123H74N4S. The second-order valence-electron chi connectivity index (χ2n) is 35.3. The molecule has 22 aromatic rings. The van der Waals surface area contributed by atoms with Gasteiger partial charge < -0.3 is 9.47 Å². The average Bonchev–Trinajstić information content (AvgIpc) is 1.52. The van der Waals surface area contributed by atoms with Gasteiger partial charge in [0.05, 0.1) is 44.7 Å². The van der Waals surface area contributed by atoms with Crippen LogP contribution in [-0.4, -0.2) is 13.3 Å². The zero-order valence-electron chi connectivity index (χ0n) is 69.4. The molecule has 0 radical (unpaired) electrons. The molecule has 20 aromatic carbocycles. The van der Waals surface area contributed by atoms with Crippen LogP contribution in [-0.2, 0) is 16.2 Å². The van der Waals surface area contributed by atoms with E-state index in [1.807, 2.05) is 0 Å². The average molecular weight is 1640 g/mol. The van der Waals surface area contributed by atoms with Crippen LogP contribution in [0.5, 0.6) is 0 Å². The Morgan fingerprint density at radius 3 is 0.773 bits per heavy atom. The molecule has 6 aliphatic rings. The van der Waals surface area contributed by atoms with Crippen molar-refractivity contribution in [2.75, 3.05) is 4.90 Å². The summed E-state index contributed by atoms with van der Waals surface area (Å²) in [5.41, 5.74) is 52.4. The maximum Gasteiger partial charge on any atom is 0.129 e. The quantitative estimate of drug-likeness (QED) is 0.137. The van der Waals surface area contributed by atoms with Gasteiger partial charge in [0.1, 0.15) is 11.0 Å². The summed E-state index contributed by atoms with van der Waals surface area (Å²) in [5, 5.41) is 2.36. The highest BCUT2D eigenvalue weighted by Crippen LogP contribution is 2.67. The summed E-state index contributed by atoms with van der Waals surface area (Å²) in [6.07, 6.45) is 0. The topological polar surface area (TPSA) is 34.0 Å². The predicted octanol–water partition coefficient (Wildman–Crippen LogP) is 31.3. The largest absolute Gasteiger partial charge is 0.309 e. The molecule has 0 bridgehead atoms. The Labute approximate surface area is 745 Å². The van der Waals surface area contributed by atoms with Crippen LogP contribution in [0.2, 0.25) is 0 Å². The fourth-order valence-corrected chi connectivity index (χ4v) is 24.6. The fourth-order valence-electron chi connectivity index (χ4n) is 24.1. The van der Waals surface area contributed by atoms with Crippen molar-refractivity contribution in [2.24, 2.45) is 0 Å². The molecule has 0 saturated heterocycles. The van der Waals surface area contributed by atoms with E-state index in [0.717, 1.165) is 83.8 Å². The molecule has 3 spiro atoms. The molecule has 0 atom stereocenters. The number of benzene rings is 20. The third kappa shape index (κ3) is 9.66. The van der Waals surface area contributed by atoms with Crippen LogP contribution >= 0.6 is 11.7 Å². The second kappa shape index (κ2) is 26.9. The Kier molecular flexibility index (Phi) is 15.0. The number of para-hydroxylation sites is 1. The maximum absolute atomic E-state index is 5.15. The van der Waals surface area contributed by atoms with Crippen molar-refractivity contribution < 1.29 is 0 Å². The Balaban J connectivity index is 0.530. The fraction of sp³-hybridized carbons (Fsp3) is 0.0244. The molecule has 2 aromatic heterocycles. The first-order valence-electron chi connectivity index (χ1n) is 44.4. The van der Waals surface area contributed by atoms with Gasteiger partial charge in [0.2, 0.25) is 0 Å². The Morgan fingerprint density at radius 1 is 0.188 bits per heavy atom. The van der Waals surface area contributed by atoms with Gasteiger partial charge in [0.25, 0.3) is 0 Å². The van der Waals surface area contributed by atoms with Crippen LogP contribution in [0.3, 0.4) is 0 Å². The van der Waals surface area contributed by atoms with Crippen LogP contribution in [0.15, 0.2) is 449 Å². The minimum atomic E-state index is -0.424. The molecule has 128 heavy (non-hydrogen) atoms. The van der Waals surface area contributed by atoms with E-state index >= 15 is 0 Å². The molecule has 0 saturated carbocycles. The normalized spacial score (nSPS) is 13.8. The van der Waals surface area contributed by atoms with Crippen molar-refractivity contribution in [3.63, 3.8) is 0 Å². The summed E-state index contributed by atoms with van der Waals surface area (Å²) in [5.74, 6) is 0. The molecule has 4 nitrogen and oxygen atoms in total. The third-order valence-corrected chi connectivity index (χ3v) is 29.9. The van der Waals surface area contributed by atoms with Crippen LogP contribution in [0.25, 0.3) is 172 Å². The molecule has 592 valence electrons. The molecule has 0 fully saturated rings. The Morgan fingerprint density at radius 2 is 0.438 bits per heavy atom. The lowest BCUT2D eigenvalue weighted by Crippen LogP contribution is -2.25. The summed E-state index contributed by atoms with van der Waals surface area (Å²) in [6.45, 7) is 0. The molecule has 0 unspecified atom stereocenters. The van der Waals surface area contributed by atoms with E-state index in [1.54, 1.807) is 0 Å². The van der Waals surface area contributed by atoms with Crippen molar-refractivity contribution in [3.05, 3.63) is 516 Å². The first-order valence-corrected chi connectivity index (χ1v) is 45.1. The number of nitrogens with zero attached hydrogens (tertiary/aromatic N) is 4. The van der Waals surface area contributed by atoms with Gasteiger partial charge >= 0.3 is 0 Å². The second-order valence-corrected chi connectivity index (χ2v) is 35.8. The molecule has 5 heteroatoms. The minimum absolute atomic E-state index is 0.417. The van der Waals surface area contributed by atoms with E-state index in [1.165, 1.54) is 184 Å². The number of hydrogen-bond donors (Lipinski definition) is 0. The first-order chi connectivity index (χ1) is 63.5. The van der Waals surface area contributed by atoms with E-state index in [4.69, 9.17) is 8.75 Å². The van der Waals surface area contributed by atoms with Crippen LogP contribution in [0, 0.1) is 0 Å². The van der Waals surface area contributed by atoms with E-state index in [-0.39, 0.29) is 0 Å². The molecule has 28 rings (SSSR count). The van der Waals surface area contributed by atoms with Crippen molar-refractivity contribution in [1.29, 1.82) is 0 Å². The van der Waals surface area contributed by atoms with Gasteiger partial charge in [-0.3, -0.25) is 0 Å². The highest BCUT2D eigenvalue weighted by molar-refractivity contribution is 7.00. The van der Waals surface area contributed by atoms with Gasteiger partial charge in [-0.05, 0) is 286 Å². The van der Waals surface area contributed by atoms with E-state index in [0.29, 0.717) is 0 Å². The number of rotatable bonds is 10.